The van der Waals surface area contributed by atoms with Gasteiger partial charge in [0.2, 0.25) is 0 Å². The Morgan fingerprint density at radius 2 is 2.20 bits per heavy atom. The summed E-state index contributed by atoms with van der Waals surface area (Å²) in [7, 11) is 4.02. The van der Waals surface area contributed by atoms with Crippen LogP contribution in [0.2, 0.25) is 0 Å². The van der Waals surface area contributed by atoms with E-state index in [2.05, 4.69) is 21.4 Å². The van der Waals surface area contributed by atoms with Crippen molar-refractivity contribution in [2.45, 2.75) is 19.3 Å². The molecule has 0 amide bonds. The van der Waals surface area contributed by atoms with Crippen LogP contribution in [0.25, 0.3) is 0 Å². The maximum atomic E-state index is 4.52. The minimum absolute atomic E-state index is 0.561. The van der Waals surface area contributed by atoms with Gasteiger partial charge in [-0.3, -0.25) is 0 Å². The molecule has 1 saturated heterocycles. The van der Waals surface area contributed by atoms with Crippen LogP contribution in [0.1, 0.15) is 23.9 Å². The van der Waals surface area contributed by atoms with Crippen LogP contribution < -0.4 is 10.2 Å². The van der Waals surface area contributed by atoms with Gasteiger partial charge in [-0.05, 0) is 19.9 Å². The topological polar surface area (TPSA) is 41.1 Å². The molecule has 15 heavy (non-hydrogen) atoms. The third-order valence-corrected chi connectivity index (χ3v) is 2.78. The van der Waals surface area contributed by atoms with Gasteiger partial charge in [-0.2, -0.15) is 0 Å². The molecular formula is C11H18N4. The SMILES string of the molecule is Cc1nc([C@H]2CCNC2)cc(N(C)C)n1. The van der Waals surface area contributed by atoms with E-state index in [1.807, 2.05) is 25.9 Å². The lowest BCUT2D eigenvalue weighted by Gasteiger charge is -2.15. The molecule has 4 heteroatoms. The smallest absolute Gasteiger partial charge is 0.132 e. The Labute approximate surface area is 90.7 Å². The minimum Gasteiger partial charge on any atom is -0.363 e. The van der Waals surface area contributed by atoms with Gasteiger partial charge in [0.1, 0.15) is 11.6 Å². The standard InChI is InChI=1S/C11H18N4/c1-8-13-10(9-4-5-12-7-9)6-11(14-8)15(2)3/h6,9,12H,4-5,7H2,1-3H3/t9-/m0/s1. The van der Waals surface area contributed by atoms with Crippen molar-refractivity contribution in [3.05, 3.63) is 17.6 Å². The Morgan fingerprint density at radius 1 is 1.40 bits per heavy atom. The van der Waals surface area contributed by atoms with Crippen molar-refractivity contribution < 1.29 is 0 Å². The number of aromatic nitrogens is 2. The molecule has 0 aliphatic carbocycles. The molecule has 2 heterocycles. The molecule has 0 spiro atoms. The van der Waals surface area contributed by atoms with E-state index in [1.165, 1.54) is 12.1 Å². The molecule has 0 unspecified atom stereocenters. The first-order chi connectivity index (χ1) is 7.16. The van der Waals surface area contributed by atoms with E-state index in [4.69, 9.17) is 0 Å². The van der Waals surface area contributed by atoms with Gasteiger partial charge in [-0.1, -0.05) is 0 Å². The zero-order chi connectivity index (χ0) is 10.8. The van der Waals surface area contributed by atoms with E-state index in [9.17, 15) is 0 Å². The molecule has 0 aromatic carbocycles. The third kappa shape index (κ3) is 2.26. The van der Waals surface area contributed by atoms with Gasteiger partial charge < -0.3 is 10.2 Å². The molecule has 0 saturated carbocycles. The van der Waals surface area contributed by atoms with Crippen LogP contribution in [-0.2, 0) is 0 Å². The highest BCUT2D eigenvalue weighted by Gasteiger charge is 2.19. The van der Waals surface area contributed by atoms with Crippen LogP contribution in [0.3, 0.4) is 0 Å². The van der Waals surface area contributed by atoms with Crippen molar-refractivity contribution in [2.75, 3.05) is 32.1 Å². The van der Waals surface area contributed by atoms with E-state index < -0.39 is 0 Å². The lowest BCUT2D eigenvalue weighted by atomic mass is 10.0. The van der Waals surface area contributed by atoms with Gasteiger partial charge in [-0.25, -0.2) is 9.97 Å². The summed E-state index contributed by atoms with van der Waals surface area (Å²) in [6, 6.07) is 2.10. The Hall–Kier alpha value is -1.16. The molecule has 2 rings (SSSR count). The summed E-state index contributed by atoms with van der Waals surface area (Å²) < 4.78 is 0. The van der Waals surface area contributed by atoms with Crippen molar-refractivity contribution >= 4 is 5.82 Å². The average molecular weight is 206 g/mol. The van der Waals surface area contributed by atoms with Gasteiger partial charge in [0.15, 0.2) is 0 Å². The van der Waals surface area contributed by atoms with Crippen LogP contribution in [0.5, 0.6) is 0 Å². The Balaban J connectivity index is 2.30. The molecule has 1 N–H and O–H groups in total. The summed E-state index contributed by atoms with van der Waals surface area (Å²) in [5, 5.41) is 3.36. The monoisotopic (exact) mass is 206 g/mol. The predicted octanol–water partition coefficient (Wildman–Crippen LogP) is 0.928. The van der Waals surface area contributed by atoms with Crippen LogP contribution in [0.4, 0.5) is 5.82 Å². The summed E-state index contributed by atoms with van der Waals surface area (Å²) in [5.41, 5.74) is 1.18. The number of nitrogens with one attached hydrogen (secondary N) is 1. The number of rotatable bonds is 2. The molecule has 82 valence electrons. The zero-order valence-corrected chi connectivity index (χ0v) is 9.62. The molecule has 4 nitrogen and oxygen atoms in total. The normalized spacial score (nSPS) is 20.6. The van der Waals surface area contributed by atoms with Crippen molar-refractivity contribution in [2.24, 2.45) is 0 Å². The van der Waals surface area contributed by atoms with E-state index in [1.54, 1.807) is 0 Å². The summed E-state index contributed by atoms with van der Waals surface area (Å²) in [5.74, 6) is 2.43. The van der Waals surface area contributed by atoms with Crippen molar-refractivity contribution in [1.82, 2.24) is 15.3 Å². The van der Waals surface area contributed by atoms with Gasteiger partial charge in [0, 0.05) is 32.6 Å². The molecule has 1 fully saturated rings. The van der Waals surface area contributed by atoms with Crippen molar-refractivity contribution in [3.8, 4) is 0 Å². The van der Waals surface area contributed by atoms with Crippen LogP contribution >= 0.6 is 0 Å². The molecular weight excluding hydrogens is 188 g/mol. The summed E-state index contributed by atoms with van der Waals surface area (Å²) in [6.45, 7) is 4.10. The van der Waals surface area contributed by atoms with E-state index >= 15 is 0 Å². The Kier molecular flexibility index (Phi) is 2.86. The fraction of sp³-hybridized carbons (Fsp3) is 0.636. The van der Waals surface area contributed by atoms with Gasteiger partial charge in [-0.15, -0.1) is 0 Å². The molecule has 0 bridgehead atoms. The Bertz CT molecular complexity index is 342. The number of aryl methyl sites for hydroxylation is 1. The van der Waals surface area contributed by atoms with Crippen LogP contribution in [-0.4, -0.2) is 37.2 Å². The lowest BCUT2D eigenvalue weighted by Crippen LogP contribution is -2.14. The summed E-state index contributed by atoms with van der Waals surface area (Å²) in [6.07, 6.45) is 1.18. The maximum absolute atomic E-state index is 4.52. The quantitative estimate of drug-likeness (QED) is 0.781. The summed E-state index contributed by atoms with van der Waals surface area (Å²) >= 11 is 0. The maximum Gasteiger partial charge on any atom is 0.132 e. The van der Waals surface area contributed by atoms with Gasteiger partial charge >= 0.3 is 0 Å². The van der Waals surface area contributed by atoms with Gasteiger partial charge in [0.25, 0.3) is 0 Å². The molecule has 0 radical (unpaired) electrons. The molecule has 1 aliphatic rings. The van der Waals surface area contributed by atoms with Crippen LogP contribution in [0.15, 0.2) is 6.07 Å². The number of hydrogen-bond acceptors (Lipinski definition) is 4. The number of anilines is 1. The second-order valence-electron chi connectivity index (χ2n) is 4.28. The second-order valence-corrected chi connectivity index (χ2v) is 4.28. The second kappa shape index (κ2) is 4.14. The predicted molar refractivity (Wildman–Crippen MR) is 61.3 cm³/mol. The first-order valence-corrected chi connectivity index (χ1v) is 5.40. The van der Waals surface area contributed by atoms with E-state index in [0.717, 1.165) is 24.7 Å². The fourth-order valence-corrected chi connectivity index (χ4v) is 1.92. The molecule has 1 atom stereocenters. The summed E-state index contributed by atoms with van der Waals surface area (Å²) in [4.78, 5) is 10.9. The highest BCUT2D eigenvalue weighted by molar-refractivity contribution is 5.38. The minimum atomic E-state index is 0.561. The molecule has 1 aliphatic heterocycles. The molecule has 1 aromatic heterocycles. The first-order valence-electron chi connectivity index (χ1n) is 5.40. The zero-order valence-electron chi connectivity index (χ0n) is 9.62. The first kappa shape index (κ1) is 10.4. The highest BCUT2D eigenvalue weighted by atomic mass is 15.1. The Morgan fingerprint density at radius 3 is 2.80 bits per heavy atom. The molecule has 1 aromatic rings. The van der Waals surface area contributed by atoms with Crippen molar-refractivity contribution in [1.29, 1.82) is 0 Å². The van der Waals surface area contributed by atoms with E-state index in [-0.39, 0.29) is 0 Å². The number of nitrogens with zero attached hydrogens (tertiary/aromatic N) is 3. The number of hydrogen-bond donors (Lipinski definition) is 1. The van der Waals surface area contributed by atoms with Crippen molar-refractivity contribution in [3.63, 3.8) is 0 Å². The average Bonchev–Trinajstić information content (AvgIpc) is 2.69. The van der Waals surface area contributed by atoms with Crippen LogP contribution in [0, 0.1) is 6.92 Å². The largest absolute Gasteiger partial charge is 0.363 e. The fourth-order valence-electron chi connectivity index (χ4n) is 1.92. The lowest BCUT2D eigenvalue weighted by molar-refractivity contribution is 0.723. The third-order valence-electron chi connectivity index (χ3n) is 2.78. The van der Waals surface area contributed by atoms with Gasteiger partial charge in [0.05, 0.1) is 5.69 Å². The van der Waals surface area contributed by atoms with E-state index in [0.29, 0.717) is 5.92 Å². The highest BCUT2D eigenvalue weighted by Crippen LogP contribution is 2.22.